The summed E-state index contributed by atoms with van der Waals surface area (Å²) >= 11 is 0. The lowest BCUT2D eigenvalue weighted by atomic mass is 9.95. The van der Waals surface area contributed by atoms with Gasteiger partial charge in [0, 0.05) is 57.8 Å². The van der Waals surface area contributed by atoms with Gasteiger partial charge in [-0.15, -0.1) is 6.42 Å². The SMILES string of the molecule is C#CC#CC#CCCCO[C@@H]1OC(CO)[C@@H](O[C@H]2C[C@H](O)[C@H](OC3OC(CO)[C@@H](O[C@H]4C[C@H](O)[C@H](O[C@H]5OC(COS(=O)(=O)O)[C@@H](O[C@H]6C[C@H](O)C(O[C@@H]7OC(COS(=O)(=O)O)[C@@H](O[C@H]8C[C@H](O)[C@H](O)CO8)[C@H](O)C7NC(=O)CCC)CO6)[C@H](O)C5NC(=O)CCC)CO4)[C@H](O)C3NC(=O)CCC)CO2)[C@H](O)C1NC(=O)CCC. The molecule has 10 unspecified atom stereocenters. The van der Waals surface area contributed by atoms with Crippen LogP contribution in [-0.4, -0.2) is 362 Å². The van der Waals surface area contributed by atoms with Crippen molar-refractivity contribution in [1.82, 2.24) is 21.3 Å². The van der Waals surface area contributed by atoms with E-state index in [4.69, 9.17) is 82.2 Å². The molecule has 32 atom stereocenters. The van der Waals surface area contributed by atoms with Crippen LogP contribution in [0.15, 0.2) is 0 Å². The molecule has 8 saturated heterocycles. The van der Waals surface area contributed by atoms with Gasteiger partial charge in [-0.2, -0.15) is 16.8 Å². The van der Waals surface area contributed by atoms with Crippen molar-refractivity contribution >= 4 is 44.4 Å². The van der Waals surface area contributed by atoms with E-state index in [1.165, 1.54) is 0 Å². The van der Waals surface area contributed by atoms with Gasteiger partial charge in [0.05, 0.1) is 83.9 Å². The third kappa shape index (κ3) is 27.6. The molecular formula is C69H108N4O39S2. The molecule has 0 aliphatic carbocycles. The van der Waals surface area contributed by atoms with Gasteiger partial charge in [-0.25, -0.2) is 8.37 Å². The molecule has 8 heterocycles. The van der Waals surface area contributed by atoms with E-state index in [-0.39, 0.29) is 51.6 Å². The van der Waals surface area contributed by atoms with Crippen LogP contribution in [-0.2, 0) is 124 Å². The molecule has 8 aliphatic rings. The number of terminal acetylenes is 1. The summed E-state index contributed by atoms with van der Waals surface area (Å²) in [5, 5.41) is 135. The van der Waals surface area contributed by atoms with Crippen molar-refractivity contribution in [3.05, 3.63) is 0 Å². The summed E-state index contributed by atoms with van der Waals surface area (Å²) < 4.78 is 173. The van der Waals surface area contributed by atoms with Crippen LogP contribution in [0.25, 0.3) is 0 Å². The van der Waals surface area contributed by atoms with Crippen LogP contribution in [0.1, 0.15) is 118 Å². The Morgan fingerprint density at radius 1 is 0.421 bits per heavy atom. The quantitative estimate of drug-likeness (QED) is 0.0155. The lowest BCUT2D eigenvalue weighted by Gasteiger charge is -2.48. The fourth-order valence-electron chi connectivity index (χ4n) is 13.7. The summed E-state index contributed by atoms with van der Waals surface area (Å²) in [4.78, 5) is 52.8. The first kappa shape index (κ1) is 94.7. The number of hydrogen-bond acceptors (Lipinski definition) is 37. The molecule has 0 aromatic rings. The fraction of sp³-hybridized carbons (Fsp3) is 0.855. The Bertz CT molecular complexity index is 3440. The van der Waals surface area contributed by atoms with E-state index >= 15 is 0 Å². The molecule has 45 heteroatoms. The molecule has 0 aromatic carbocycles. The molecule has 8 rings (SSSR count). The molecule has 0 bridgehead atoms. The molecule has 114 heavy (non-hydrogen) atoms. The van der Waals surface area contributed by atoms with Gasteiger partial charge in [0.15, 0.2) is 50.3 Å². The van der Waals surface area contributed by atoms with Crippen molar-refractivity contribution in [2.75, 3.05) is 59.5 Å². The molecule has 0 aromatic heterocycles. The Hall–Kier alpha value is -4.78. The van der Waals surface area contributed by atoms with Gasteiger partial charge >= 0.3 is 20.8 Å². The molecule has 0 saturated carbocycles. The highest BCUT2D eigenvalue weighted by atomic mass is 32.3. The van der Waals surface area contributed by atoms with Crippen LogP contribution >= 0.6 is 0 Å². The highest BCUT2D eigenvalue weighted by molar-refractivity contribution is 7.81. The van der Waals surface area contributed by atoms with Crippen molar-refractivity contribution in [2.24, 2.45) is 0 Å². The molecular weight excluding hydrogens is 1570 g/mol. The summed E-state index contributed by atoms with van der Waals surface area (Å²) in [5.74, 6) is 10.1. The molecule has 8 aliphatic heterocycles. The molecule has 650 valence electrons. The third-order valence-corrected chi connectivity index (χ3v) is 20.3. The first-order valence-electron chi connectivity index (χ1n) is 37.8. The van der Waals surface area contributed by atoms with E-state index in [1.807, 2.05) is 0 Å². The van der Waals surface area contributed by atoms with Crippen LogP contribution in [0.2, 0.25) is 0 Å². The zero-order chi connectivity index (χ0) is 83.1. The van der Waals surface area contributed by atoms with E-state index in [9.17, 15) is 101 Å². The number of nitrogens with one attached hydrogen (secondary N) is 4. The predicted octanol–water partition coefficient (Wildman–Crippen LogP) is -6.98. The third-order valence-electron chi connectivity index (χ3n) is 19.5. The second kappa shape index (κ2) is 45.6. The van der Waals surface area contributed by atoms with Crippen LogP contribution < -0.4 is 21.3 Å². The minimum atomic E-state index is -5.30. The van der Waals surface area contributed by atoms with Crippen LogP contribution in [0, 0.1) is 36.0 Å². The lowest BCUT2D eigenvalue weighted by molar-refractivity contribution is -0.352. The van der Waals surface area contributed by atoms with Crippen molar-refractivity contribution in [3.63, 3.8) is 0 Å². The first-order chi connectivity index (χ1) is 54.3. The van der Waals surface area contributed by atoms with Crippen molar-refractivity contribution < 1.29 is 185 Å². The zero-order valence-electron chi connectivity index (χ0n) is 63.1. The minimum absolute atomic E-state index is 0.0513. The number of amides is 4. The van der Waals surface area contributed by atoms with Crippen LogP contribution in [0.3, 0.4) is 0 Å². The van der Waals surface area contributed by atoms with Crippen molar-refractivity contribution in [2.45, 2.75) is 314 Å². The van der Waals surface area contributed by atoms with Gasteiger partial charge in [-0.3, -0.25) is 28.3 Å². The second-order valence-corrected chi connectivity index (χ2v) is 30.4. The first-order valence-corrected chi connectivity index (χ1v) is 40.5. The average molecular weight is 1680 g/mol. The van der Waals surface area contributed by atoms with Gasteiger partial charge in [-0.05, 0) is 55.8 Å². The predicted molar refractivity (Wildman–Crippen MR) is 376 cm³/mol. The Morgan fingerprint density at radius 2 is 0.737 bits per heavy atom. The smallest absolute Gasteiger partial charge is 0.394 e. The van der Waals surface area contributed by atoms with Crippen molar-refractivity contribution in [1.29, 1.82) is 0 Å². The molecule has 4 amide bonds. The van der Waals surface area contributed by atoms with E-state index < -0.39 is 307 Å². The van der Waals surface area contributed by atoms with Crippen LogP contribution in [0.4, 0.5) is 0 Å². The fourth-order valence-corrected chi connectivity index (χ4v) is 14.3. The molecule has 17 N–H and O–H groups in total. The number of aliphatic hydroxyl groups excluding tert-OH is 11. The van der Waals surface area contributed by atoms with Gasteiger partial charge in [-0.1, -0.05) is 33.6 Å². The summed E-state index contributed by atoms with van der Waals surface area (Å²) in [7, 11) is -10.5. The number of unbranched alkanes of at least 4 members (excludes halogenated alkanes) is 1. The molecule has 8 fully saturated rings. The van der Waals surface area contributed by atoms with E-state index in [0.29, 0.717) is 32.1 Å². The number of aliphatic hydroxyl groups is 11. The van der Waals surface area contributed by atoms with Gasteiger partial charge < -0.3 is 153 Å². The van der Waals surface area contributed by atoms with Crippen molar-refractivity contribution in [3.8, 4) is 36.0 Å². The van der Waals surface area contributed by atoms with Gasteiger partial charge in [0.25, 0.3) is 0 Å². The molecule has 0 spiro atoms. The number of carbonyl (C=O) groups is 4. The topological polar surface area (TPSA) is 614 Å². The monoisotopic (exact) mass is 1680 g/mol. The van der Waals surface area contributed by atoms with E-state index in [2.05, 4.69) is 59.2 Å². The Labute approximate surface area is 658 Å². The zero-order valence-corrected chi connectivity index (χ0v) is 64.7. The maximum Gasteiger partial charge on any atom is 0.397 e. The molecule has 0 radical (unpaired) electrons. The number of carbonyl (C=O) groups excluding carboxylic acids is 4. The van der Waals surface area contributed by atoms with E-state index in [1.54, 1.807) is 27.7 Å². The maximum absolute atomic E-state index is 13.4. The standard InChI is InChI=1S/C69H108N4O39S2/c1-6-11-12-13-14-15-16-21-95-66-54(70-46(81)17-7-2)58(85)62(39(26-74)102-66)109-51-23-35(77)41(29-97-51)104-67-55(71-47(82)18-8-3)59(86)63(40(27-75)103-67)110-52-24-36(78)42(30-98-52)105-69-57(73-49(84)20-10-5)61(88)65(45(108-69)33-101-114(92,93)94)112-53-25-37(79)43(31-99-53)106-68-56(72-48(83)19-9-4)60(87)64(44(107-68)32-100-113(89,90)91)111-50-22-34(76)38(80)28-96-50/h1,34-45,50-69,74-80,85-88H,7-10,15-33H2,2-5H3,(H,70,81)(H,71,82)(H,72,83)(H,73,84)(H,89,90,91)(H,92,93,94)/t34-,35-,36-,37-,38+,39?,40?,41+,42+,43?,44?,45?,50-,51-,52-,53-,54?,55?,56?,57?,58+,59+,60+,61+,62+,63+,64+,65+,66+,67?,68+,69-/m0/s1. The summed E-state index contributed by atoms with van der Waals surface area (Å²) in [5.41, 5.74) is 0. The maximum atomic E-state index is 13.4. The summed E-state index contributed by atoms with van der Waals surface area (Å²) in [6.45, 7) is 1.04. The Kier molecular flexibility index (Phi) is 37.9. The summed E-state index contributed by atoms with van der Waals surface area (Å²) in [6, 6.07) is -5.98. The average Bonchev–Trinajstić information content (AvgIpc) is 0.790. The second-order valence-electron chi connectivity index (χ2n) is 28.2. The van der Waals surface area contributed by atoms with Gasteiger partial charge in [0.1, 0.15) is 122 Å². The normalized spacial score (nSPS) is 38.8. The van der Waals surface area contributed by atoms with Crippen LogP contribution in [0.5, 0.6) is 0 Å². The lowest BCUT2D eigenvalue weighted by Crippen LogP contribution is -2.68. The highest BCUT2D eigenvalue weighted by Crippen LogP contribution is 2.37. The van der Waals surface area contributed by atoms with Gasteiger partial charge in [0.2, 0.25) is 23.6 Å². The minimum Gasteiger partial charge on any atom is -0.394 e. The summed E-state index contributed by atoms with van der Waals surface area (Å²) in [6.07, 6.45) is -38.4. The number of hydrogen-bond donors (Lipinski definition) is 17. The highest BCUT2D eigenvalue weighted by Gasteiger charge is 2.56. The Morgan fingerprint density at radius 3 is 1.05 bits per heavy atom. The molecule has 43 nitrogen and oxygen atoms in total. The number of rotatable bonds is 38. The number of ether oxygens (including phenoxy) is 16. The van der Waals surface area contributed by atoms with E-state index in [0.717, 1.165) is 0 Å². The largest absolute Gasteiger partial charge is 0.397 e. The Balaban J connectivity index is 0.904.